The van der Waals surface area contributed by atoms with Crippen molar-refractivity contribution in [2.45, 2.75) is 26.4 Å². The monoisotopic (exact) mass is 542 g/mol. The van der Waals surface area contributed by atoms with E-state index in [1.807, 2.05) is 43.3 Å². The Kier molecular flexibility index (Phi) is 10.5. The largest absolute Gasteiger partial charge is 0.490 e. The molecule has 0 saturated carbocycles. The van der Waals surface area contributed by atoms with Gasteiger partial charge in [0.05, 0.1) is 11.6 Å². The van der Waals surface area contributed by atoms with Gasteiger partial charge in [0, 0.05) is 22.2 Å². The summed E-state index contributed by atoms with van der Waals surface area (Å²) in [6, 6.07) is 20.4. The number of amides is 1. The zero-order chi connectivity index (χ0) is 25.9. The van der Waals surface area contributed by atoms with Crippen LogP contribution in [-0.2, 0) is 17.8 Å². The summed E-state index contributed by atoms with van der Waals surface area (Å²) in [5, 5.41) is 13.6. The molecule has 0 atom stereocenters. The van der Waals surface area contributed by atoms with Gasteiger partial charge >= 0.3 is 0 Å². The molecule has 5 nitrogen and oxygen atoms in total. The number of halogens is 3. The highest BCUT2D eigenvalue weighted by Crippen LogP contribution is 2.38. The predicted octanol–water partition coefficient (Wildman–Crippen LogP) is 7.28. The van der Waals surface area contributed by atoms with Crippen LogP contribution in [0.25, 0.3) is 6.08 Å². The summed E-state index contributed by atoms with van der Waals surface area (Å²) in [4.78, 5) is 12.6. The molecule has 0 bridgehead atoms. The number of carbonyl (C=O) groups is 1. The molecule has 0 unspecified atom stereocenters. The lowest BCUT2D eigenvalue weighted by Gasteiger charge is -2.15. The molecule has 3 aromatic rings. The molecule has 3 rings (SSSR count). The lowest BCUT2D eigenvalue weighted by atomic mass is 10.1. The molecule has 0 heterocycles. The van der Waals surface area contributed by atoms with Gasteiger partial charge in [-0.25, -0.2) is 0 Å². The first-order valence-electron chi connectivity index (χ1n) is 11.4. The Balaban J connectivity index is 1.70. The number of carbonyl (C=O) groups excluding carboxylic acids is 1. The van der Waals surface area contributed by atoms with E-state index in [4.69, 9.17) is 44.3 Å². The topological polar surface area (TPSA) is 71.3 Å². The van der Waals surface area contributed by atoms with Crippen LogP contribution in [0.5, 0.6) is 11.5 Å². The summed E-state index contributed by atoms with van der Waals surface area (Å²) in [5.41, 5.74) is 2.44. The zero-order valence-corrected chi connectivity index (χ0v) is 22.0. The number of hydrogen-bond acceptors (Lipinski definition) is 4. The fourth-order valence-corrected chi connectivity index (χ4v) is 4.15. The molecule has 0 saturated heterocycles. The molecule has 36 heavy (non-hydrogen) atoms. The highest BCUT2D eigenvalue weighted by atomic mass is 35.5. The fourth-order valence-electron chi connectivity index (χ4n) is 3.41. The van der Waals surface area contributed by atoms with Crippen LogP contribution in [0.15, 0.2) is 66.2 Å². The van der Waals surface area contributed by atoms with Crippen LogP contribution in [-0.4, -0.2) is 19.1 Å². The third-order valence-corrected chi connectivity index (χ3v) is 6.03. The van der Waals surface area contributed by atoms with Crippen molar-refractivity contribution >= 4 is 46.8 Å². The van der Waals surface area contributed by atoms with Crippen LogP contribution >= 0.6 is 34.8 Å². The van der Waals surface area contributed by atoms with Crippen LogP contribution in [0.2, 0.25) is 15.1 Å². The standard InChI is InChI=1S/C28H25Cl3N2O3/c1-2-35-26-15-20(14-25(31)27(26)36-18-21-10-11-23(29)16-24(21)30)13-22(17-32)28(34)33-12-6-9-19-7-4-3-5-8-19/h3-5,7-8,10-11,13-16H,2,6,9,12,18H2,1H3,(H,33,34)/b22-13-. The third-order valence-electron chi connectivity index (χ3n) is 5.17. The SMILES string of the molecule is CCOc1cc(/C=C(/C#N)C(=O)NCCCc2ccccc2)cc(Cl)c1OCc1ccc(Cl)cc1Cl. The minimum Gasteiger partial charge on any atom is -0.490 e. The van der Waals surface area contributed by atoms with E-state index in [1.165, 1.54) is 11.6 Å². The minimum atomic E-state index is -0.447. The molecular formula is C28H25Cl3N2O3. The van der Waals surface area contributed by atoms with E-state index in [2.05, 4.69) is 5.32 Å². The Morgan fingerprint density at radius 1 is 1.03 bits per heavy atom. The molecule has 3 aromatic carbocycles. The lowest BCUT2D eigenvalue weighted by molar-refractivity contribution is -0.117. The van der Waals surface area contributed by atoms with E-state index < -0.39 is 5.91 Å². The van der Waals surface area contributed by atoms with Gasteiger partial charge < -0.3 is 14.8 Å². The van der Waals surface area contributed by atoms with Crippen LogP contribution in [0.1, 0.15) is 30.0 Å². The van der Waals surface area contributed by atoms with Gasteiger partial charge in [-0.3, -0.25) is 4.79 Å². The van der Waals surface area contributed by atoms with Crippen molar-refractivity contribution in [3.8, 4) is 17.6 Å². The van der Waals surface area contributed by atoms with Crippen molar-refractivity contribution in [3.05, 3.63) is 98.0 Å². The molecule has 0 fully saturated rings. The Morgan fingerprint density at radius 3 is 2.50 bits per heavy atom. The van der Waals surface area contributed by atoms with Crippen molar-refractivity contribution in [1.29, 1.82) is 5.26 Å². The molecule has 0 aliphatic heterocycles. The maximum atomic E-state index is 12.6. The van der Waals surface area contributed by atoms with Crippen LogP contribution < -0.4 is 14.8 Å². The van der Waals surface area contributed by atoms with E-state index >= 15 is 0 Å². The maximum Gasteiger partial charge on any atom is 0.261 e. The first-order valence-corrected chi connectivity index (χ1v) is 12.5. The molecule has 0 radical (unpaired) electrons. The van der Waals surface area contributed by atoms with Crippen LogP contribution in [0.4, 0.5) is 0 Å². The summed E-state index contributed by atoms with van der Waals surface area (Å²) in [7, 11) is 0. The van der Waals surface area contributed by atoms with Crippen molar-refractivity contribution in [3.63, 3.8) is 0 Å². The van der Waals surface area contributed by atoms with E-state index in [-0.39, 0.29) is 17.2 Å². The smallest absolute Gasteiger partial charge is 0.261 e. The second kappa shape index (κ2) is 13.8. The third kappa shape index (κ3) is 7.93. The number of aryl methyl sites for hydroxylation is 1. The number of hydrogen-bond donors (Lipinski definition) is 1. The highest BCUT2D eigenvalue weighted by Gasteiger charge is 2.15. The molecule has 1 N–H and O–H groups in total. The van der Waals surface area contributed by atoms with Gasteiger partial charge in [0.1, 0.15) is 18.2 Å². The molecule has 8 heteroatoms. The quantitative estimate of drug-likeness (QED) is 0.157. The zero-order valence-electron chi connectivity index (χ0n) is 19.7. The number of benzene rings is 3. The van der Waals surface area contributed by atoms with Gasteiger partial charge in [-0.15, -0.1) is 0 Å². The molecule has 186 valence electrons. The number of ether oxygens (including phenoxy) is 2. The van der Waals surface area contributed by atoms with Gasteiger partial charge in [0.2, 0.25) is 0 Å². The lowest BCUT2D eigenvalue weighted by Crippen LogP contribution is -2.25. The van der Waals surface area contributed by atoms with Crippen molar-refractivity contribution < 1.29 is 14.3 Å². The summed E-state index contributed by atoms with van der Waals surface area (Å²) >= 11 is 18.7. The van der Waals surface area contributed by atoms with Gasteiger partial charge in [-0.1, -0.05) is 71.2 Å². The van der Waals surface area contributed by atoms with E-state index in [0.29, 0.717) is 40.3 Å². The number of nitrogens with one attached hydrogen (secondary N) is 1. The fraction of sp³-hybridized carbons (Fsp3) is 0.214. The average molecular weight is 544 g/mol. The Labute approximate surface area is 226 Å². The first-order chi connectivity index (χ1) is 17.4. The molecular weight excluding hydrogens is 519 g/mol. The summed E-state index contributed by atoms with van der Waals surface area (Å²) in [5.74, 6) is 0.282. The maximum absolute atomic E-state index is 12.6. The van der Waals surface area contributed by atoms with Gasteiger partial charge in [-0.2, -0.15) is 5.26 Å². The van der Waals surface area contributed by atoms with Gasteiger partial charge in [0.15, 0.2) is 11.5 Å². The molecule has 0 spiro atoms. The van der Waals surface area contributed by atoms with E-state index in [0.717, 1.165) is 18.4 Å². The van der Waals surface area contributed by atoms with Gasteiger partial charge in [-0.05, 0) is 61.2 Å². The van der Waals surface area contributed by atoms with Crippen molar-refractivity contribution in [2.24, 2.45) is 0 Å². The van der Waals surface area contributed by atoms with E-state index in [1.54, 1.807) is 30.3 Å². The molecule has 0 aliphatic carbocycles. The minimum absolute atomic E-state index is 0.0326. The second-order valence-electron chi connectivity index (χ2n) is 7.80. The average Bonchev–Trinajstić information content (AvgIpc) is 2.86. The first kappa shape index (κ1) is 27.4. The Hall–Kier alpha value is -3.17. The Morgan fingerprint density at radius 2 is 1.81 bits per heavy atom. The summed E-state index contributed by atoms with van der Waals surface area (Å²) < 4.78 is 11.6. The predicted molar refractivity (Wildman–Crippen MR) is 145 cm³/mol. The van der Waals surface area contributed by atoms with Crippen molar-refractivity contribution in [1.82, 2.24) is 5.32 Å². The number of rotatable bonds is 11. The normalized spacial score (nSPS) is 11.0. The van der Waals surface area contributed by atoms with Crippen LogP contribution in [0.3, 0.4) is 0 Å². The highest BCUT2D eigenvalue weighted by molar-refractivity contribution is 6.35. The number of nitriles is 1. The summed E-state index contributed by atoms with van der Waals surface area (Å²) in [6.45, 7) is 2.81. The second-order valence-corrected chi connectivity index (χ2v) is 9.05. The van der Waals surface area contributed by atoms with Crippen LogP contribution in [0, 0.1) is 11.3 Å². The van der Waals surface area contributed by atoms with Gasteiger partial charge in [0.25, 0.3) is 5.91 Å². The number of nitrogens with zero attached hydrogens (tertiary/aromatic N) is 1. The molecule has 0 aliphatic rings. The molecule has 0 aromatic heterocycles. The van der Waals surface area contributed by atoms with E-state index in [9.17, 15) is 10.1 Å². The Bertz CT molecular complexity index is 1270. The van der Waals surface area contributed by atoms with Crippen molar-refractivity contribution in [2.75, 3.05) is 13.2 Å². The molecule has 1 amide bonds. The summed E-state index contributed by atoms with van der Waals surface area (Å²) in [6.07, 6.45) is 3.07.